The van der Waals surface area contributed by atoms with Crippen LogP contribution in [-0.2, 0) is 0 Å². The molecule has 2 heteroatoms. The third-order valence-electron chi connectivity index (χ3n) is 4.16. The normalized spacial score (nSPS) is 25.7. The fourth-order valence-electron chi connectivity index (χ4n) is 2.71. The summed E-state index contributed by atoms with van der Waals surface area (Å²) in [4.78, 5) is 2.67. The van der Waals surface area contributed by atoms with Crippen LogP contribution in [0.3, 0.4) is 0 Å². The Labute approximate surface area is 107 Å². The van der Waals surface area contributed by atoms with Crippen LogP contribution in [0.1, 0.15) is 46.5 Å². The lowest BCUT2D eigenvalue weighted by Crippen LogP contribution is -2.31. The molecule has 1 aliphatic heterocycles. The topological polar surface area (TPSA) is 3.24 Å². The fourth-order valence-corrected chi connectivity index (χ4v) is 3.09. The summed E-state index contributed by atoms with van der Waals surface area (Å²) in [5, 5.41) is 0. The highest BCUT2D eigenvalue weighted by molar-refractivity contribution is 7.80. The van der Waals surface area contributed by atoms with Gasteiger partial charge in [-0.3, -0.25) is 0 Å². The summed E-state index contributed by atoms with van der Waals surface area (Å²) in [6, 6.07) is 0. The maximum Gasteiger partial charge on any atom is 0.00174 e. The van der Waals surface area contributed by atoms with Gasteiger partial charge in [0.05, 0.1) is 0 Å². The van der Waals surface area contributed by atoms with Gasteiger partial charge in [0.15, 0.2) is 0 Å². The van der Waals surface area contributed by atoms with Gasteiger partial charge in [-0.25, -0.2) is 0 Å². The first kappa shape index (κ1) is 14.4. The van der Waals surface area contributed by atoms with E-state index >= 15 is 0 Å². The van der Waals surface area contributed by atoms with Gasteiger partial charge in [0, 0.05) is 6.54 Å². The first-order valence-corrected chi connectivity index (χ1v) is 7.63. The minimum absolute atomic E-state index is 0.791. The van der Waals surface area contributed by atoms with Gasteiger partial charge >= 0.3 is 0 Å². The molecule has 2 atom stereocenters. The minimum Gasteiger partial charge on any atom is -0.303 e. The molecule has 0 amide bonds. The molecule has 96 valence electrons. The molecular weight excluding hydrogens is 214 g/mol. The maximum absolute atomic E-state index is 4.45. The molecule has 1 heterocycles. The molecule has 0 bridgehead atoms. The maximum atomic E-state index is 4.45. The molecule has 1 rings (SSSR count). The van der Waals surface area contributed by atoms with Crippen molar-refractivity contribution in [1.82, 2.24) is 4.90 Å². The molecule has 0 radical (unpaired) electrons. The molecule has 0 aliphatic carbocycles. The Balaban J connectivity index is 2.35. The average molecular weight is 243 g/mol. The van der Waals surface area contributed by atoms with Crippen molar-refractivity contribution >= 4 is 12.6 Å². The van der Waals surface area contributed by atoms with Gasteiger partial charge in [0.2, 0.25) is 0 Å². The van der Waals surface area contributed by atoms with Crippen molar-refractivity contribution < 1.29 is 0 Å². The lowest BCUT2D eigenvalue weighted by Gasteiger charge is -2.25. The second-order valence-corrected chi connectivity index (χ2v) is 6.06. The third-order valence-corrected chi connectivity index (χ3v) is 4.68. The highest BCUT2D eigenvalue weighted by Gasteiger charge is 2.20. The van der Waals surface area contributed by atoms with Crippen molar-refractivity contribution in [3.8, 4) is 0 Å². The second-order valence-electron chi connectivity index (χ2n) is 5.69. The molecule has 0 N–H and O–H groups in total. The van der Waals surface area contributed by atoms with E-state index in [1.165, 1.54) is 45.3 Å². The van der Waals surface area contributed by atoms with E-state index in [-0.39, 0.29) is 0 Å². The zero-order valence-corrected chi connectivity index (χ0v) is 12.2. The predicted octanol–water partition coefficient (Wildman–Crippen LogP) is 3.70. The SMILES string of the molecule is CCC(CS)CN1CCCC(C(C)C)CC1. The van der Waals surface area contributed by atoms with E-state index in [9.17, 15) is 0 Å². The first-order valence-electron chi connectivity index (χ1n) is 7.00. The van der Waals surface area contributed by atoms with E-state index in [2.05, 4.69) is 38.3 Å². The van der Waals surface area contributed by atoms with Crippen LogP contribution in [0.5, 0.6) is 0 Å². The van der Waals surface area contributed by atoms with Crippen LogP contribution in [0.15, 0.2) is 0 Å². The van der Waals surface area contributed by atoms with Crippen LogP contribution in [-0.4, -0.2) is 30.3 Å². The molecule has 1 fully saturated rings. The fraction of sp³-hybridized carbons (Fsp3) is 1.00. The zero-order valence-electron chi connectivity index (χ0n) is 11.3. The molecule has 1 saturated heterocycles. The number of thiol groups is 1. The van der Waals surface area contributed by atoms with E-state index in [1.54, 1.807) is 0 Å². The predicted molar refractivity (Wildman–Crippen MR) is 76.3 cm³/mol. The van der Waals surface area contributed by atoms with Gasteiger partial charge in [-0.05, 0) is 55.9 Å². The summed E-state index contributed by atoms with van der Waals surface area (Å²) in [5.41, 5.74) is 0. The summed E-state index contributed by atoms with van der Waals surface area (Å²) in [6.07, 6.45) is 5.51. The van der Waals surface area contributed by atoms with Crippen molar-refractivity contribution in [2.45, 2.75) is 46.5 Å². The Kier molecular flexibility index (Phi) is 6.83. The van der Waals surface area contributed by atoms with Crippen molar-refractivity contribution in [1.29, 1.82) is 0 Å². The number of likely N-dealkylation sites (tertiary alicyclic amines) is 1. The molecule has 0 aromatic rings. The summed E-state index contributed by atoms with van der Waals surface area (Å²) < 4.78 is 0. The highest BCUT2D eigenvalue weighted by atomic mass is 32.1. The van der Waals surface area contributed by atoms with Crippen LogP contribution >= 0.6 is 12.6 Å². The molecule has 1 nitrogen and oxygen atoms in total. The van der Waals surface area contributed by atoms with E-state index < -0.39 is 0 Å². The van der Waals surface area contributed by atoms with Gasteiger partial charge in [-0.15, -0.1) is 0 Å². The first-order chi connectivity index (χ1) is 7.67. The largest absolute Gasteiger partial charge is 0.303 e. The Morgan fingerprint density at radius 1 is 1.25 bits per heavy atom. The number of hydrogen-bond donors (Lipinski definition) is 1. The lowest BCUT2D eigenvalue weighted by atomic mass is 9.89. The molecule has 2 unspecified atom stereocenters. The molecule has 0 aromatic heterocycles. The lowest BCUT2D eigenvalue weighted by molar-refractivity contribution is 0.238. The van der Waals surface area contributed by atoms with Gasteiger partial charge in [0.1, 0.15) is 0 Å². The van der Waals surface area contributed by atoms with Crippen LogP contribution in [0.4, 0.5) is 0 Å². The van der Waals surface area contributed by atoms with Crippen molar-refractivity contribution in [3.05, 3.63) is 0 Å². The summed E-state index contributed by atoms with van der Waals surface area (Å²) in [5.74, 6) is 3.66. The smallest absolute Gasteiger partial charge is 0.00174 e. The monoisotopic (exact) mass is 243 g/mol. The van der Waals surface area contributed by atoms with Crippen LogP contribution in [0.25, 0.3) is 0 Å². The second kappa shape index (κ2) is 7.60. The number of nitrogens with zero attached hydrogens (tertiary/aromatic N) is 1. The van der Waals surface area contributed by atoms with E-state index in [1.807, 2.05) is 0 Å². The van der Waals surface area contributed by atoms with Crippen molar-refractivity contribution in [3.63, 3.8) is 0 Å². The molecular formula is C14H29NS. The third kappa shape index (κ3) is 4.67. The molecule has 0 saturated carbocycles. The van der Waals surface area contributed by atoms with Crippen molar-refractivity contribution in [2.24, 2.45) is 17.8 Å². The molecule has 16 heavy (non-hydrogen) atoms. The van der Waals surface area contributed by atoms with Gasteiger partial charge in [0.25, 0.3) is 0 Å². The highest BCUT2D eigenvalue weighted by Crippen LogP contribution is 2.25. The summed E-state index contributed by atoms with van der Waals surface area (Å²) >= 11 is 4.45. The number of rotatable bonds is 5. The van der Waals surface area contributed by atoms with Crippen LogP contribution < -0.4 is 0 Å². The standard InChI is InChI=1S/C14H29NS/c1-4-13(11-16)10-15-8-5-6-14(7-9-15)12(2)3/h12-14,16H,4-11H2,1-3H3. The molecule has 0 spiro atoms. The van der Waals surface area contributed by atoms with E-state index in [4.69, 9.17) is 0 Å². The quantitative estimate of drug-likeness (QED) is 0.721. The van der Waals surface area contributed by atoms with Gasteiger partial charge in [-0.2, -0.15) is 12.6 Å². The van der Waals surface area contributed by atoms with Crippen molar-refractivity contribution in [2.75, 3.05) is 25.4 Å². The van der Waals surface area contributed by atoms with E-state index in [0.29, 0.717) is 0 Å². The number of hydrogen-bond acceptors (Lipinski definition) is 2. The Hall–Kier alpha value is 0.310. The molecule has 0 aromatic carbocycles. The zero-order chi connectivity index (χ0) is 12.0. The summed E-state index contributed by atoms with van der Waals surface area (Å²) in [7, 11) is 0. The minimum atomic E-state index is 0.791. The Morgan fingerprint density at radius 3 is 2.56 bits per heavy atom. The van der Waals surface area contributed by atoms with Gasteiger partial charge in [-0.1, -0.05) is 27.2 Å². The average Bonchev–Trinajstić information content (AvgIpc) is 2.51. The Morgan fingerprint density at radius 2 is 2.00 bits per heavy atom. The van der Waals surface area contributed by atoms with Gasteiger partial charge < -0.3 is 4.90 Å². The summed E-state index contributed by atoms with van der Waals surface area (Å²) in [6.45, 7) is 10.9. The van der Waals surface area contributed by atoms with Crippen LogP contribution in [0.2, 0.25) is 0 Å². The molecule has 1 aliphatic rings. The Bertz CT molecular complexity index is 178. The van der Waals surface area contributed by atoms with E-state index in [0.717, 1.165) is 23.5 Å². The van der Waals surface area contributed by atoms with Crippen LogP contribution in [0, 0.1) is 17.8 Å².